The van der Waals surface area contributed by atoms with Crippen molar-refractivity contribution in [2.75, 3.05) is 31.5 Å². The summed E-state index contributed by atoms with van der Waals surface area (Å²) in [5.41, 5.74) is 0. The first-order chi connectivity index (χ1) is 8.74. The molecule has 0 fully saturated rings. The van der Waals surface area contributed by atoms with Crippen molar-refractivity contribution >= 4 is 15.9 Å². The molecule has 0 atom stereocenters. The standard InChI is InChI=1S/C16H35BrN/c1-4-7-10-11-15-18(16-12-17,13-8-5-2)14-9-6-3/h4-16H2,1-3H3/q+1. The molecule has 0 aliphatic carbocycles. The third kappa shape index (κ3) is 8.53. The van der Waals surface area contributed by atoms with Gasteiger partial charge in [-0.15, -0.1) is 0 Å². The van der Waals surface area contributed by atoms with Gasteiger partial charge in [0.1, 0.15) is 0 Å². The molecule has 1 nitrogen and oxygen atoms in total. The maximum absolute atomic E-state index is 3.68. The first kappa shape index (κ1) is 18.4. The number of unbranched alkanes of at least 4 members (excludes halogenated alkanes) is 5. The van der Waals surface area contributed by atoms with Crippen LogP contribution in [0.5, 0.6) is 0 Å². The topological polar surface area (TPSA) is 0 Å². The summed E-state index contributed by atoms with van der Waals surface area (Å²) < 4.78 is 1.37. The van der Waals surface area contributed by atoms with Crippen LogP contribution in [-0.4, -0.2) is 36.0 Å². The SMILES string of the molecule is CCCCCC[N+](CCBr)(CCCC)CCCC. The molecule has 18 heavy (non-hydrogen) atoms. The quantitative estimate of drug-likeness (QED) is 0.243. The summed E-state index contributed by atoms with van der Waals surface area (Å²) in [7, 11) is 0. The van der Waals surface area contributed by atoms with Crippen LogP contribution in [-0.2, 0) is 0 Å². The Bertz CT molecular complexity index is 162. The van der Waals surface area contributed by atoms with Crippen LogP contribution in [0.3, 0.4) is 0 Å². The summed E-state index contributed by atoms with van der Waals surface area (Å²) >= 11 is 3.68. The molecular weight excluding hydrogens is 286 g/mol. The zero-order valence-corrected chi connectivity index (χ0v) is 14.6. The minimum absolute atomic E-state index is 1.16. The Hall–Kier alpha value is 0.440. The highest BCUT2D eigenvalue weighted by Gasteiger charge is 2.24. The second-order valence-electron chi connectivity index (χ2n) is 5.69. The Morgan fingerprint density at radius 3 is 1.56 bits per heavy atom. The summed E-state index contributed by atoms with van der Waals surface area (Å²) in [5, 5.41) is 1.16. The van der Waals surface area contributed by atoms with Crippen LogP contribution >= 0.6 is 15.9 Å². The maximum atomic E-state index is 3.68. The number of rotatable bonds is 13. The third-order valence-corrected chi connectivity index (χ3v) is 4.37. The molecule has 0 unspecified atom stereocenters. The zero-order valence-electron chi connectivity index (χ0n) is 13.0. The molecule has 0 saturated carbocycles. The van der Waals surface area contributed by atoms with E-state index in [-0.39, 0.29) is 0 Å². The smallest absolute Gasteiger partial charge is 0.0885 e. The Morgan fingerprint density at radius 2 is 1.11 bits per heavy atom. The summed E-state index contributed by atoms with van der Waals surface area (Å²) in [6.45, 7) is 12.5. The maximum Gasteiger partial charge on any atom is 0.0885 e. The molecule has 0 aromatic heterocycles. The lowest BCUT2D eigenvalue weighted by molar-refractivity contribution is -0.926. The fraction of sp³-hybridized carbons (Fsp3) is 1.00. The number of hydrogen-bond acceptors (Lipinski definition) is 0. The van der Waals surface area contributed by atoms with Crippen LogP contribution in [0.25, 0.3) is 0 Å². The molecule has 0 aromatic carbocycles. The molecular formula is C16H35BrN+. The molecule has 0 bridgehead atoms. The van der Waals surface area contributed by atoms with E-state index in [0.29, 0.717) is 0 Å². The van der Waals surface area contributed by atoms with Gasteiger partial charge in [0.05, 0.1) is 31.5 Å². The third-order valence-electron chi connectivity index (χ3n) is 4.02. The Labute approximate surface area is 124 Å². The minimum Gasteiger partial charge on any atom is -0.323 e. The van der Waals surface area contributed by atoms with Crippen molar-refractivity contribution < 1.29 is 4.48 Å². The van der Waals surface area contributed by atoms with Crippen LogP contribution in [0.4, 0.5) is 0 Å². The summed E-state index contributed by atoms with van der Waals surface area (Å²) in [5.74, 6) is 0. The largest absolute Gasteiger partial charge is 0.323 e. The fourth-order valence-electron chi connectivity index (χ4n) is 2.71. The number of alkyl halides is 1. The van der Waals surface area contributed by atoms with Crippen LogP contribution in [0.15, 0.2) is 0 Å². The highest BCUT2D eigenvalue weighted by atomic mass is 79.9. The van der Waals surface area contributed by atoms with Crippen LogP contribution in [0.1, 0.15) is 72.1 Å². The molecule has 0 rings (SSSR count). The lowest BCUT2D eigenvalue weighted by Gasteiger charge is -2.39. The fourth-order valence-corrected chi connectivity index (χ4v) is 3.46. The molecule has 0 heterocycles. The lowest BCUT2D eigenvalue weighted by Crippen LogP contribution is -2.51. The van der Waals surface area contributed by atoms with Crippen molar-refractivity contribution in [2.24, 2.45) is 0 Å². The monoisotopic (exact) mass is 320 g/mol. The molecule has 0 radical (unpaired) electrons. The van der Waals surface area contributed by atoms with Gasteiger partial charge in [0.2, 0.25) is 0 Å². The van der Waals surface area contributed by atoms with Gasteiger partial charge in [-0.3, -0.25) is 0 Å². The summed E-state index contributed by atoms with van der Waals surface area (Å²) in [6.07, 6.45) is 11.1. The van der Waals surface area contributed by atoms with E-state index in [1.807, 2.05) is 0 Å². The van der Waals surface area contributed by atoms with Gasteiger partial charge in [-0.2, -0.15) is 0 Å². The van der Waals surface area contributed by atoms with E-state index < -0.39 is 0 Å². The molecule has 2 heteroatoms. The Balaban J connectivity index is 4.29. The van der Waals surface area contributed by atoms with E-state index >= 15 is 0 Å². The van der Waals surface area contributed by atoms with Gasteiger partial charge in [-0.05, 0) is 25.7 Å². The molecule has 0 spiro atoms. The van der Waals surface area contributed by atoms with Gasteiger partial charge in [0, 0.05) is 0 Å². The van der Waals surface area contributed by atoms with E-state index in [4.69, 9.17) is 0 Å². The molecule has 110 valence electrons. The molecule has 0 N–H and O–H groups in total. The van der Waals surface area contributed by atoms with Gasteiger partial charge in [-0.25, -0.2) is 0 Å². The van der Waals surface area contributed by atoms with Crippen molar-refractivity contribution in [3.63, 3.8) is 0 Å². The van der Waals surface area contributed by atoms with E-state index in [1.165, 1.54) is 82.0 Å². The molecule has 0 saturated heterocycles. The second kappa shape index (κ2) is 12.5. The predicted octanol–water partition coefficient (Wildman–Crippen LogP) is 5.38. The number of quaternary nitrogens is 1. The van der Waals surface area contributed by atoms with Gasteiger partial charge < -0.3 is 4.48 Å². The van der Waals surface area contributed by atoms with Crippen molar-refractivity contribution in [3.05, 3.63) is 0 Å². The summed E-state index contributed by atoms with van der Waals surface area (Å²) in [4.78, 5) is 0. The van der Waals surface area contributed by atoms with Crippen molar-refractivity contribution in [2.45, 2.75) is 72.1 Å². The highest BCUT2D eigenvalue weighted by molar-refractivity contribution is 9.09. The highest BCUT2D eigenvalue weighted by Crippen LogP contribution is 2.16. The van der Waals surface area contributed by atoms with Crippen molar-refractivity contribution in [3.8, 4) is 0 Å². The predicted molar refractivity (Wildman–Crippen MR) is 87.5 cm³/mol. The molecule has 0 amide bonds. The minimum atomic E-state index is 1.16. The average Bonchev–Trinajstić information content (AvgIpc) is 2.39. The van der Waals surface area contributed by atoms with Crippen molar-refractivity contribution in [1.29, 1.82) is 0 Å². The first-order valence-electron chi connectivity index (χ1n) is 8.15. The van der Waals surface area contributed by atoms with E-state index in [1.54, 1.807) is 0 Å². The van der Waals surface area contributed by atoms with Crippen LogP contribution in [0, 0.1) is 0 Å². The summed E-state index contributed by atoms with van der Waals surface area (Å²) in [6, 6.07) is 0. The van der Waals surface area contributed by atoms with Gasteiger partial charge in [-0.1, -0.05) is 62.4 Å². The van der Waals surface area contributed by atoms with E-state index in [2.05, 4.69) is 36.7 Å². The number of hydrogen-bond donors (Lipinski definition) is 0. The van der Waals surface area contributed by atoms with E-state index in [0.717, 1.165) is 5.33 Å². The first-order valence-corrected chi connectivity index (χ1v) is 9.27. The zero-order chi connectivity index (χ0) is 13.7. The lowest BCUT2D eigenvalue weighted by atomic mass is 10.1. The Kier molecular flexibility index (Phi) is 12.8. The van der Waals surface area contributed by atoms with E-state index in [9.17, 15) is 0 Å². The number of nitrogens with zero attached hydrogens (tertiary/aromatic N) is 1. The van der Waals surface area contributed by atoms with Gasteiger partial charge >= 0.3 is 0 Å². The number of halogens is 1. The second-order valence-corrected chi connectivity index (χ2v) is 6.49. The van der Waals surface area contributed by atoms with Crippen LogP contribution in [0.2, 0.25) is 0 Å². The molecule has 0 aromatic rings. The van der Waals surface area contributed by atoms with Gasteiger partial charge in [0.25, 0.3) is 0 Å². The van der Waals surface area contributed by atoms with Gasteiger partial charge in [0.15, 0.2) is 0 Å². The molecule has 0 aliphatic heterocycles. The van der Waals surface area contributed by atoms with Crippen LogP contribution < -0.4 is 0 Å². The Morgan fingerprint density at radius 1 is 0.611 bits per heavy atom. The van der Waals surface area contributed by atoms with Crippen molar-refractivity contribution in [1.82, 2.24) is 0 Å². The normalized spacial score (nSPS) is 12.0. The molecule has 0 aliphatic rings. The average molecular weight is 321 g/mol.